The van der Waals surface area contributed by atoms with E-state index < -0.39 is 34.8 Å². The second kappa shape index (κ2) is 18.6. The van der Waals surface area contributed by atoms with Gasteiger partial charge in [0.2, 0.25) is 0 Å². The highest BCUT2D eigenvalue weighted by Gasteiger charge is 2.44. The van der Waals surface area contributed by atoms with Gasteiger partial charge in [-0.1, -0.05) is 32.0 Å². The molecule has 0 radical (unpaired) electrons. The van der Waals surface area contributed by atoms with Crippen molar-refractivity contribution in [3.63, 3.8) is 0 Å². The van der Waals surface area contributed by atoms with Crippen LogP contribution in [0.5, 0.6) is 11.5 Å². The number of nitrogens with one attached hydrogen (secondary N) is 1. The molecule has 1 aliphatic heterocycles. The van der Waals surface area contributed by atoms with E-state index in [9.17, 15) is 24.8 Å². The van der Waals surface area contributed by atoms with E-state index in [1.54, 1.807) is 13.8 Å². The standard InChI is InChI=1S/C34H45N3O9/c1-5-17-44-33(39)30-23(3)36-24(4)31(34(40)45-18-6-2)32(30)28-20-25(37(41)42)14-15-29(28)43-19-11-10-16-35-21-26(38)22-46-27-12-8-7-9-13-27/h7-9,12-15,20,26,30,32,35,38H,5-6,10-11,16-19,21-22H2,1-4H3. The van der Waals surface area contributed by atoms with Gasteiger partial charge in [0, 0.05) is 41.6 Å². The molecular formula is C34H45N3O9. The summed E-state index contributed by atoms with van der Waals surface area (Å²) in [5, 5.41) is 25.2. The maximum Gasteiger partial charge on any atom is 0.336 e. The number of nitro benzene ring substituents is 1. The molecule has 0 saturated heterocycles. The Balaban J connectivity index is 1.74. The van der Waals surface area contributed by atoms with Crippen LogP contribution in [0, 0.1) is 16.0 Å². The number of nitro groups is 1. The van der Waals surface area contributed by atoms with E-state index in [1.165, 1.54) is 18.2 Å². The van der Waals surface area contributed by atoms with Gasteiger partial charge in [0.05, 0.1) is 30.3 Å². The van der Waals surface area contributed by atoms with Crippen molar-refractivity contribution in [2.45, 2.75) is 65.4 Å². The number of rotatable bonds is 19. The Labute approximate surface area is 269 Å². The molecule has 0 spiro atoms. The number of aliphatic hydroxyl groups is 1. The summed E-state index contributed by atoms with van der Waals surface area (Å²) >= 11 is 0. The highest BCUT2D eigenvalue weighted by atomic mass is 16.6. The van der Waals surface area contributed by atoms with Gasteiger partial charge in [-0.05, 0) is 64.3 Å². The summed E-state index contributed by atoms with van der Waals surface area (Å²) in [6.07, 6.45) is 1.87. The van der Waals surface area contributed by atoms with Crippen LogP contribution in [-0.2, 0) is 19.1 Å². The minimum atomic E-state index is -1.01. The minimum absolute atomic E-state index is 0.141. The average Bonchev–Trinajstić information content (AvgIpc) is 3.04. The van der Waals surface area contributed by atoms with E-state index in [-0.39, 0.29) is 37.7 Å². The molecule has 0 aliphatic carbocycles. The van der Waals surface area contributed by atoms with Gasteiger partial charge >= 0.3 is 11.9 Å². The Kier molecular flexibility index (Phi) is 14.6. The van der Waals surface area contributed by atoms with Crippen LogP contribution in [0.2, 0.25) is 0 Å². The molecule has 1 aliphatic rings. The molecule has 46 heavy (non-hydrogen) atoms. The van der Waals surface area contributed by atoms with E-state index in [0.717, 1.165) is 6.42 Å². The summed E-state index contributed by atoms with van der Waals surface area (Å²) in [4.78, 5) is 42.6. The number of para-hydroxylation sites is 1. The lowest BCUT2D eigenvalue weighted by Crippen LogP contribution is -2.37. The van der Waals surface area contributed by atoms with Crippen LogP contribution in [0.1, 0.15) is 64.9 Å². The topological polar surface area (TPSA) is 159 Å². The molecule has 2 aromatic rings. The first-order valence-electron chi connectivity index (χ1n) is 15.7. The maximum atomic E-state index is 13.4. The van der Waals surface area contributed by atoms with Crippen LogP contribution in [0.4, 0.5) is 5.69 Å². The molecule has 2 N–H and O–H groups in total. The Hall–Kier alpha value is -4.29. The second-order valence-corrected chi connectivity index (χ2v) is 11.0. The van der Waals surface area contributed by atoms with Gasteiger partial charge in [-0.25, -0.2) is 4.79 Å². The molecule has 3 unspecified atom stereocenters. The molecule has 250 valence electrons. The molecule has 1 heterocycles. The molecule has 0 saturated carbocycles. The van der Waals surface area contributed by atoms with E-state index >= 15 is 0 Å². The average molecular weight is 640 g/mol. The first-order valence-corrected chi connectivity index (χ1v) is 15.7. The number of aliphatic hydroxyl groups excluding tert-OH is 1. The first-order chi connectivity index (χ1) is 22.2. The number of carbonyl (C=O) groups excluding carboxylic acids is 2. The number of esters is 2. The number of carbonyl (C=O) groups is 2. The van der Waals surface area contributed by atoms with Crippen molar-refractivity contribution in [1.82, 2.24) is 5.32 Å². The lowest BCUT2D eigenvalue weighted by Gasteiger charge is -2.32. The Morgan fingerprint density at radius 3 is 2.41 bits per heavy atom. The van der Waals surface area contributed by atoms with Crippen LogP contribution in [0.25, 0.3) is 0 Å². The first kappa shape index (κ1) is 36.2. The third-order valence-corrected chi connectivity index (χ3v) is 7.30. The largest absolute Gasteiger partial charge is 0.493 e. The van der Waals surface area contributed by atoms with Crippen molar-refractivity contribution in [3.8, 4) is 11.5 Å². The lowest BCUT2D eigenvalue weighted by atomic mass is 9.75. The SMILES string of the molecule is CCCOC(=O)C1=C(C)N=C(C)C(C(=O)OCCC)C1c1cc([N+](=O)[O-])ccc1OCCCCNCC(O)COc1ccccc1. The number of aliphatic imine (C=N–C) groups is 1. The second-order valence-electron chi connectivity index (χ2n) is 11.0. The number of non-ortho nitro benzene ring substituents is 1. The summed E-state index contributed by atoms with van der Waals surface area (Å²) in [5.41, 5.74) is 1.03. The fourth-order valence-corrected chi connectivity index (χ4v) is 5.10. The maximum absolute atomic E-state index is 13.4. The minimum Gasteiger partial charge on any atom is -0.493 e. The molecular weight excluding hydrogens is 594 g/mol. The highest BCUT2D eigenvalue weighted by Crippen LogP contribution is 2.44. The number of hydrogen-bond acceptors (Lipinski definition) is 11. The molecule has 0 amide bonds. The number of allylic oxidation sites excluding steroid dienone is 1. The quantitative estimate of drug-likeness (QED) is 0.0912. The van der Waals surface area contributed by atoms with Gasteiger partial charge in [-0.2, -0.15) is 0 Å². The number of unbranched alkanes of at least 4 members (excludes halogenated alkanes) is 1. The van der Waals surface area contributed by atoms with E-state index in [2.05, 4.69) is 10.3 Å². The molecule has 12 heteroatoms. The van der Waals surface area contributed by atoms with Crippen LogP contribution in [-0.4, -0.2) is 73.3 Å². The number of benzene rings is 2. The van der Waals surface area contributed by atoms with Crippen LogP contribution < -0.4 is 14.8 Å². The van der Waals surface area contributed by atoms with Crippen molar-refractivity contribution in [2.75, 3.05) is 39.5 Å². The molecule has 0 bridgehead atoms. The lowest BCUT2D eigenvalue weighted by molar-refractivity contribution is -0.385. The summed E-state index contributed by atoms with van der Waals surface area (Å²) in [6.45, 7) is 8.84. The predicted molar refractivity (Wildman–Crippen MR) is 173 cm³/mol. The van der Waals surface area contributed by atoms with Crippen LogP contribution >= 0.6 is 0 Å². The summed E-state index contributed by atoms with van der Waals surface area (Å²) in [5.74, 6) is -2.20. The summed E-state index contributed by atoms with van der Waals surface area (Å²) in [6, 6.07) is 13.5. The molecule has 12 nitrogen and oxygen atoms in total. The Morgan fingerprint density at radius 2 is 1.72 bits per heavy atom. The van der Waals surface area contributed by atoms with Crippen molar-refractivity contribution in [1.29, 1.82) is 0 Å². The molecule has 3 rings (SSSR count). The van der Waals surface area contributed by atoms with Crippen molar-refractivity contribution in [3.05, 3.63) is 75.5 Å². The predicted octanol–water partition coefficient (Wildman–Crippen LogP) is 5.14. The Morgan fingerprint density at radius 1 is 1.00 bits per heavy atom. The van der Waals surface area contributed by atoms with Gasteiger partial charge in [0.1, 0.15) is 30.1 Å². The van der Waals surface area contributed by atoms with E-state index in [0.29, 0.717) is 60.8 Å². The molecule has 0 aromatic heterocycles. The smallest absolute Gasteiger partial charge is 0.336 e. The fraction of sp³-hybridized carbons (Fsp3) is 0.500. The van der Waals surface area contributed by atoms with Crippen molar-refractivity contribution in [2.24, 2.45) is 10.9 Å². The summed E-state index contributed by atoms with van der Waals surface area (Å²) in [7, 11) is 0. The highest BCUT2D eigenvalue weighted by molar-refractivity contribution is 6.07. The third-order valence-electron chi connectivity index (χ3n) is 7.30. The van der Waals surface area contributed by atoms with E-state index in [4.69, 9.17) is 18.9 Å². The van der Waals surface area contributed by atoms with Crippen LogP contribution in [0.15, 0.2) is 64.8 Å². The summed E-state index contributed by atoms with van der Waals surface area (Å²) < 4.78 is 22.7. The van der Waals surface area contributed by atoms with Crippen molar-refractivity contribution < 1.29 is 38.6 Å². The molecule has 0 fully saturated rings. The normalized spacial score (nSPS) is 16.8. The molecule has 2 aromatic carbocycles. The van der Waals surface area contributed by atoms with Gasteiger partial charge in [-0.15, -0.1) is 0 Å². The number of nitrogens with zero attached hydrogens (tertiary/aromatic N) is 2. The van der Waals surface area contributed by atoms with Crippen LogP contribution in [0.3, 0.4) is 0 Å². The van der Waals surface area contributed by atoms with Gasteiger partial charge in [0.15, 0.2) is 0 Å². The van der Waals surface area contributed by atoms with Gasteiger partial charge in [0.25, 0.3) is 5.69 Å². The number of hydrogen-bond donors (Lipinski definition) is 2. The van der Waals surface area contributed by atoms with E-state index in [1.807, 2.05) is 44.2 Å². The number of ether oxygens (including phenoxy) is 4. The zero-order valence-electron chi connectivity index (χ0n) is 27.0. The Bertz CT molecular complexity index is 1380. The molecule has 3 atom stereocenters. The monoisotopic (exact) mass is 639 g/mol. The third kappa shape index (κ3) is 10.4. The fourth-order valence-electron chi connectivity index (χ4n) is 5.10. The zero-order valence-corrected chi connectivity index (χ0v) is 27.0. The van der Waals surface area contributed by atoms with Gasteiger partial charge < -0.3 is 29.4 Å². The van der Waals surface area contributed by atoms with Crippen molar-refractivity contribution >= 4 is 23.3 Å². The van der Waals surface area contributed by atoms with Gasteiger partial charge in [-0.3, -0.25) is 19.9 Å². The zero-order chi connectivity index (χ0) is 33.5.